The molecule has 0 aliphatic carbocycles. The minimum atomic E-state index is -0.260. The van der Waals surface area contributed by atoms with E-state index in [1.807, 2.05) is 4.90 Å². The summed E-state index contributed by atoms with van der Waals surface area (Å²) in [5.74, 6) is 0.993. The highest BCUT2D eigenvalue weighted by molar-refractivity contribution is 5.97. The quantitative estimate of drug-likeness (QED) is 0.846. The summed E-state index contributed by atoms with van der Waals surface area (Å²) in [4.78, 5) is 29.3. The van der Waals surface area contributed by atoms with Crippen LogP contribution in [0.15, 0.2) is 10.5 Å². The van der Waals surface area contributed by atoms with Gasteiger partial charge in [-0.3, -0.25) is 14.5 Å². The van der Waals surface area contributed by atoms with Crippen molar-refractivity contribution in [2.75, 3.05) is 32.7 Å². The van der Waals surface area contributed by atoms with Gasteiger partial charge in [0.05, 0.1) is 24.3 Å². The van der Waals surface area contributed by atoms with Gasteiger partial charge in [-0.1, -0.05) is 0 Å². The lowest BCUT2D eigenvalue weighted by molar-refractivity contribution is -0.131. The van der Waals surface area contributed by atoms with Crippen LogP contribution < -0.4 is 5.32 Å². The topological polar surface area (TPSA) is 75.0 Å². The number of morpholine rings is 1. The normalized spacial score (nSPS) is 26.4. The highest BCUT2D eigenvalue weighted by Crippen LogP contribution is 2.21. The molecule has 0 saturated carbocycles. The maximum absolute atomic E-state index is 12.7. The van der Waals surface area contributed by atoms with Gasteiger partial charge >= 0.3 is 0 Å². The van der Waals surface area contributed by atoms with Crippen LogP contribution in [0.25, 0.3) is 0 Å². The molecule has 1 aromatic heterocycles. The number of nitrogens with zero attached hydrogens (tertiary/aromatic N) is 2. The first-order valence-corrected chi connectivity index (χ1v) is 9.86. The highest BCUT2D eigenvalue weighted by atomic mass is 16.5. The van der Waals surface area contributed by atoms with Crippen molar-refractivity contribution in [2.45, 2.75) is 58.8 Å². The second kappa shape index (κ2) is 8.44. The second-order valence-electron chi connectivity index (χ2n) is 7.87. The molecule has 7 nitrogen and oxygen atoms in total. The summed E-state index contributed by atoms with van der Waals surface area (Å²) >= 11 is 0. The molecule has 3 rings (SSSR count). The molecule has 150 valence electrons. The Morgan fingerprint density at radius 1 is 1.22 bits per heavy atom. The Balaban J connectivity index is 1.52. The van der Waals surface area contributed by atoms with E-state index in [1.54, 1.807) is 19.9 Å². The zero-order valence-corrected chi connectivity index (χ0v) is 16.8. The van der Waals surface area contributed by atoms with Crippen molar-refractivity contribution in [3.05, 3.63) is 23.2 Å². The molecule has 7 heteroatoms. The van der Waals surface area contributed by atoms with Crippen molar-refractivity contribution in [2.24, 2.45) is 0 Å². The minimum absolute atomic E-state index is 0.0157. The molecule has 1 N–H and O–H groups in total. The van der Waals surface area contributed by atoms with E-state index in [4.69, 9.17) is 9.15 Å². The number of likely N-dealkylation sites (tertiary alicyclic amines) is 1. The van der Waals surface area contributed by atoms with Crippen molar-refractivity contribution in [1.29, 1.82) is 0 Å². The van der Waals surface area contributed by atoms with E-state index in [-0.39, 0.29) is 36.6 Å². The number of furan rings is 1. The van der Waals surface area contributed by atoms with Crippen LogP contribution in [-0.4, -0.2) is 72.6 Å². The van der Waals surface area contributed by atoms with Gasteiger partial charge in [-0.15, -0.1) is 0 Å². The average Bonchev–Trinajstić information content (AvgIpc) is 3.17. The number of amides is 2. The van der Waals surface area contributed by atoms with Crippen LogP contribution in [0.1, 0.15) is 48.6 Å². The largest absolute Gasteiger partial charge is 0.466 e. The first-order valence-electron chi connectivity index (χ1n) is 9.86. The summed E-state index contributed by atoms with van der Waals surface area (Å²) in [7, 11) is 0. The third-order valence-electron chi connectivity index (χ3n) is 5.35. The predicted octanol–water partition coefficient (Wildman–Crippen LogP) is 1.73. The van der Waals surface area contributed by atoms with Gasteiger partial charge in [0.25, 0.3) is 5.91 Å². The van der Waals surface area contributed by atoms with E-state index < -0.39 is 0 Å². The maximum Gasteiger partial charge on any atom is 0.255 e. The van der Waals surface area contributed by atoms with Crippen molar-refractivity contribution >= 4 is 11.8 Å². The number of aryl methyl sites for hydroxylation is 2. The number of ether oxygens (including phenoxy) is 1. The van der Waals surface area contributed by atoms with Gasteiger partial charge < -0.3 is 19.4 Å². The zero-order valence-electron chi connectivity index (χ0n) is 16.8. The molecule has 2 amide bonds. The molecule has 0 bridgehead atoms. The third-order valence-corrected chi connectivity index (χ3v) is 5.35. The fraction of sp³-hybridized carbons (Fsp3) is 0.700. The lowest BCUT2D eigenvalue weighted by Crippen LogP contribution is -2.52. The summed E-state index contributed by atoms with van der Waals surface area (Å²) < 4.78 is 11.2. The van der Waals surface area contributed by atoms with Crippen molar-refractivity contribution < 1.29 is 18.7 Å². The molecule has 27 heavy (non-hydrogen) atoms. The molecule has 3 heterocycles. The molecule has 1 aromatic rings. The second-order valence-corrected chi connectivity index (χ2v) is 7.87. The van der Waals surface area contributed by atoms with E-state index in [0.717, 1.165) is 39.0 Å². The van der Waals surface area contributed by atoms with E-state index in [2.05, 4.69) is 24.1 Å². The minimum Gasteiger partial charge on any atom is -0.466 e. The number of hydrogen-bond donors (Lipinski definition) is 1. The molecular formula is C20H31N3O4. The molecule has 3 unspecified atom stereocenters. The molecule has 3 atom stereocenters. The van der Waals surface area contributed by atoms with Crippen LogP contribution in [0.2, 0.25) is 0 Å². The number of hydrogen-bond acceptors (Lipinski definition) is 5. The van der Waals surface area contributed by atoms with Gasteiger partial charge in [0, 0.05) is 32.2 Å². The Hall–Kier alpha value is -1.86. The molecule has 2 aliphatic rings. The number of nitrogens with one attached hydrogen (secondary N) is 1. The van der Waals surface area contributed by atoms with E-state index in [1.165, 1.54) is 0 Å². The van der Waals surface area contributed by atoms with Crippen molar-refractivity contribution in [3.8, 4) is 0 Å². The monoisotopic (exact) mass is 377 g/mol. The number of carbonyl (C=O) groups excluding carboxylic acids is 2. The van der Waals surface area contributed by atoms with Crippen molar-refractivity contribution in [3.63, 3.8) is 0 Å². The third kappa shape index (κ3) is 4.90. The molecule has 2 saturated heterocycles. The summed E-state index contributed by atoms with van der Waals surface area (Å²) in [6, 6.07) is 1.92. The summed E-state index contributed by atoms with van der Waals surface area (Å²) in [6.07, 6.45) is 2.47. The Morgan fingerprint density at radius 2 is 1.93 bits per heavy atom. The lowest BCUT2D eigenvalue weighted by atomic mass is 10.1. The van der Waals surface area contributed by atoms with Gasteiger partial charge in [-0.25, -0.2) is 0 Å². The fourth-order valence-corrected chi connectivity index (χ4v) is 4.29. The molecule has 2 fully saturated rings. The molecule has 0 radical (unpaired) electrons. The summed E-state index contributed by atoms with van der Waals surface area (Å²) in [5.41, 5.74) is 0.495. The SMILES string of the molecule is Cc1cc(C(=O)NCC(=O)N2CCCC2CN2CC(C)OC(C)C2)c(C)o1. The van der Waals surface area contributed by atoms with Gasteiger partial charge in [-0.05, 0) is 46.6 Å². The van der Waals surface area contributed by atoms with Crippen molar-refractivity contribution in [1.82, 2.24) is 15.1 Å². The highest BCUT2D eigenvalue weighted by Gasteiger charge is 2.32. The van der Waals surface area contributed by atoms with Crippen LogP contribution in [0.5, 0.6) is 0 Å². The van der Waals surface area contributed by atoms with Crippen LogP contribution >= 0.6 is 0 Å². The molecule has 0 spiro atoms. The van der Waals surface area contributed by atoms with E-state index in [9.17, 15) is 9.59 Å². The Morgan fingerprint density at radius 3 is 2.56 bits per heavy atom. The Kier molecular flexibility index (Phi) is 6.22. The fourth-order valence-electron chi connectivity index (χ4n) is 4.29. The first kappa shape index (κ1) is 19.9. The zero-order chi connectivity index (χ0) is 19.6. The maximum atomic E-state index is 12.7. The molecular weight excluding hydrogens is 346 g/mol. The smallest absolute Gasteiger partial charge is 0.255 e. The van der Waals surface area contributed by atoms with Gasteiger partial charge in [0.1, 0.15) is 11.5 Å². The van der Waals surface area contributed by atoms with Gasteiger partial charge in [0.2, 0.25) is 5.91 Å². The predicted molar refractivity (Wildman–Crippen MR) is 102 cm³/mol. The Bertz CT molecular complexity index is 677. The Labute approximate surface area is 161 Å². The number of rotatable bonds is 5. The lowest BCUT2D eigenvalue weighted by Gasteiger charge is -2.38. The summed E-state index contributed by atoms with van der Waals surface area (Å²) in [6.45, 7) is 11.2. The standard InChI is InChI=1S/C20H31N3O4/c1-13-8-18(16(4)27-13)20(25)21-9-19(24)23-7-5-6-17(23)12-22-10-14(2)26-15(3)11-22/h8,14-15,17H,5-7,9-12H2,1-4H3,(H,21,25). The van der Waals surface area contributed by atoms with Crippen LogP contribution in [0.4, 0.5) is 0 Å². The summed E-state index contributed by atoms with van der Waals surface area (Å²) in [5, 5.41) is 2.74. The van der Waals surface area contributed by atoms with Crippen LogP contribution in [0, 0.1) is 13.8 Å². The van der Waals surface area contributed by atoms with Crippen LogP contribution in [-0.2, 0) is 9.53 Å². The average molecular weight is 377 g/mol. The van der Waals surface area contributed by atoms with Gasteiger partial charge in [0.15, 0.2) is 0 Å². The first-order chi connectivity index (χ1) is 12.8. The molecule has 2 aliphatic heterocycles. The van der Waals surface area contributed by atoms with Gasteiger partial charge in [-0.2, -0.15) is 0 Å². The van der Waals surface area contributed by atoms with E-state index >= 15 is 0 Å². The van der Waals surface area contributed by atoms with E-state index in [0.29, 0.717) is 17.1 Å². The van der Waals surface area contributed by atoms with Crippen LogP contribution in [0.3, 0.4) is 0 Å². The number of carbonyl (C=O) groups is 2. The molecule has 0 aromatic carbocycles.